The molecule has 28 heavy (non-hydrogen) atoms. The largest absolute Gasteiger partial charge is 1.00 e. The summed E-state index contributed by atoms with van der Waals surface area (Å²) in [5.74, 6) is -0.481. The van der Waals surface area contributed by atoms with Gasteiger partial charge < -0.3 is 7.16 Å². The van der Waals surface area contributed by atoms with Crippen molar-refractivity contribution < 1.29 is 48.4 Å². The quantitative estimate of drug-likeness (QED) is 0.216. The zero-order valence-corrected chi connectivity index (χ0v) is 20.4. The van der Waals surface area contributed by atoms with Crippen molar-refractivity contribution in [1.82, 2.24) is 0 Å². The zero-order chi connectivity index (χ0) is 20.4. The van der Waals surface area contributed by atoms with Gasteiger partial charge in [0, 0.05) is 0 Å². The normalized spacial score (nSPS) is 10.3. The molecule has 0 bridgehead atoms. The molecular weight excluding hydrogens is 385 g/mol. The number of benzene rings is 1. The number of primary amides is 1. The van der Waals surface area contributed by atoms with Crippen LogP contribution in [0, 0.1) is 0 Å². The van der Waals surface area contributed by atoms with E-state index < -0.39 is 16.0 Å². The summed E-state index contributed by atoms with van der Waals surface area (Å²) in [5, 5.41) is 0. The van der Waals surface area contributed by atoms with Crippen LogP contribution in [-0.2, 0) is 19.1 Å². The smallest absolute Gasteiger partial charge is 1.00 e. The molecule has 0 saturated carbocycles. The molecule has 0 unspecified atom stereocenters. The van der Waals surface area contributed by atoms with Gasteiger partial charge in [-0.2, -0.15) is 8.42 Å². The number of carbonyl (C=O) groups is 1. The molecule has 1 rings (SSSR count). The summed E-state index contributed by atoms with van der Waals surface area (Å²) < 4.78 is 28.8. The first-order chi connectivity index (χ1) is 12.9. The van der Waals surface area contributed by atoms with Gasteiger partial charge in [-0.3, -0.25) is 8.98 Å². The Bertz CT molecular complexity index is 612. The average Bonchev–Trinajstić information content (AvgIpc) is 2.67. The minimum Gasteiger partial charge on any atom is -1.00 e. The minimum atomic E-state index is -3.57. The van der Waals surface area contributed by atoms with E-state index in [1.54, 1.807) is 30.3 Å². The Morgan fingerprint density at radius 3 is 1.86 bits per heavy atom. The van der Waals surface area contributed by atoms with Gasteiger partial charge in [0.1, 0.15) is 0 Å². The molecule has 156 valence electrons. The SMILES string of the molecule is C=CC(N)=O.CCCCCCCCCCCCOS(=O)(=O)c1ccccc1.[H-].[Na+]. The van der Waals surface area contributed by atoms with Crippen molar-refractivity contribution in [2.24, 2.45) is 5.73 Å². The van der Waals surface area contributed by atoms with Crippen LogP contribution in [0.2, 0.25) is 0 Å². The van der Waals surface area contributed by atoms with Gasteiger partial charge in [-0.1, -0.05) is 89.5 Å². The third-order valence-electron chi connectivity index (χ3n) is 3.97. The van der Waals surface area contributed by atoms with Gasteiger partial charge in [0.05, 0.1) is 11.5 Å². The summed E-state index contributed by atoms with van der Waals surface area (Å²) in [7, 11) is -3.57. The average molecular weight is 422 g/mol. The van der Waals surface area contributed by atoms with Crippen LogP contribution in [0.1, 0.15) is 72.6 Å². The third kappa shape index (κ3) is 17.4. The molecule has 0 aliphatic heterocycles. The van der Waals surface area contributed by atoms with Crippen LogP contribution in [0.4, 0.5) is 0 Å². The molecule has 2 N–H and O–H groups in total. The second-order valence-corrected chi connectivity index (χ2v) is 7.99. The predicted molar refractivity (Wildman–Crippen MR) is 112 cm³/mol. The van der Waals surface area contributed by atoms with Crippen molar-refractivity contribution in [3.05, 3.63) is 43.0 Å². The van der Waals surface area contributed by atoms with Crippen LogP contribution in [0.15, 0.2) is 47.9 Å². The standard InChI is InChI=1S/C18H30O3S.C3H5NO.Na.H/c1-2-3-4-5-6-7-8-9-10-14-17-21-22(19,20)18-15-12-11-13-16-18;1-2-3(4)5;;/h11-13,15-16H,2-10,14,17H2,1H3;2H,1H2,(H2,4,5);;/q;;+1;-1. The Hall–Kier alpha value is -0.660. The maximum Gasteiger partial charge on any atom is 1.00 e. The Labute approximate surface area is 195 Å². The Morgan fingerprint density at radius 2 is 1.43 bits per heavy atom. The molecular formula is C21H36NNaO4S. The van der Waals surface area contributed by atoms with E-state index in [0.29, 0.717) is 0 Å². The second kappa shape index (κ2) is 19.6. The first kappa shape index (κ1) is 29.5. The van der Waals surface area contributed by atoms with E-state index in [9.17, 15) is 13.2 Å². The Morgan fingerprint density at radius 1 is 1.00 bits per heavy atom. The van der Waals surface area contributed by atoms with E-state index in [2.05, 4.69) is 19.2 Å². The minimum absolute atomic E-state index is 0. The van der Waals surface area contributed by atoms with Gasteiger partial charge in [0.25, 0.3) is 10.1 Å². The summed E-state index contributed by atoms with van der Waals surface area (Å²) >= 11 is 0. The van der Waals surface area contributed by atoms with E-state index in [1.807, 2.05) is 0 Å². The van der Waals surface area contributed by atoms with Crippen molar-refractivity contribution in [3.63, 3.8) is 0 Å². The number of nitrogens with two attached hydrogens (primary N) is 1. The van der Waals surface area contributed by atoms with Crippen LogP contribution < -0.4 is 35.3 Å². The van der Waals surface area contributed by atoms with Gasteiger partial charge in [-0.15, -0.1) is 0 Å². The summed E-state index contributed by atoms with van der Waals surface area (Å²) in [4.78, 5) is 9.71. The fraction of sp³-hybridized carbons (Fsp3) is 0.571. The Balaban J connectivity index is -0.000000860. The monoisotopic (exact) mass is 421 g/mol. The molecule has 0 spiro atoms. The topological polar surface area (TPSA) is 86.5 Å². The van der Waals surface area contributed by atoms with Gasteiger partial charge in [-0.05, 0) is 24.6 Å². The first-order valence-corrected chi connectivity index (χ1v) is 11.2. The van der Waals surface area contributed by atoms with E-state index in [1.165, 1.54) is 51.4 Å². The molecule has 0 aliphatic carbocycles. The van der Waals surface area contributed by atoms with Gasteiger partial charge in [0.2, 0.25) is 5.91 Å². The summed E-state index contributed by atoms with van der Waals surface area (Å²) in [6.07, 6.45) is 13.3. The van der Waals surface area contributed by atoms with Crippen molar-refractivity contribution in [3.8, 4) is 0 Å². The number of hydrogen-bond donors (Lipinski definition) is 1. The molecule has 0 saturated heterocycles. The zero-order valence-electron chi connectivity index (χ0n) is 18.6. The molecule has 1 aromatic carbocycles. The van der Waals surface area contributed by atoms with Crippen molar-refractivity contribution in [2.75, 3.05) is 6.61 Å². The number of rotatable bonds is 14. The number of unbranched alkanes of at least 4 members (excludes halogenated alkanes) is 9. The molecule has 0 fully saturated rings. The van der Waals surface area contributed by atoms with E-state index in [4.69, 9.17) is 4.18 Å². The molecule has 0 heterocycles. The maximum atomic E-state index is 11.9. The molecule has 1 aromatic rings. The van der Waals surface area contributed by atoms with Gasteiger partial charge in [-0.25, -0.2) is 0 Å². The number of carbonyl (C=O) groups excluding carboxylic acids is 1. The molecule has 0 aliphatic rings. The fourth-order valence-electron chi connectivity index (χ4n) is 2.41. The molecule has 7 heteroatoms. The summed E-state index contributed by atoms with van der Waals surface area (Å²) in [6, 6.07) is 8.33. The molecule has 0 atom stereocenters. The summed E-state index contributed by atoms with van der Waals surface area (Å²) in [6.45, 7) is 5.61. The summed E-state index contributed by atoms with van der Waals surface area (Å²) in [5.41, 5.74) is 4.53. The third-order valence-corrected chi connectivity index (χ3v) is 5.30. The van der Waals surface area contributed by atoms with Gasteiger partial charge >= 0.3 is 29.6 Å². The van der Waals surface area contributed by atoms with E-state index >= 15 is 0 Å². The first-order valence-electron chi connectivity index (χ1n) is 9.80. The number of amides is 1. The molecule has 5 nitrogen and oxygen atoms in total. The van der Waals surface area contributed by atoms with Crippen molar-refractivity contribution in [2.45, 2.75) is 76.0 Å². The maximum absolute atomic E-state index is 11.9. The van der Waals surface area contributed by atoms with Crippen LogP contribution in [-0.4, -0.2) is 20.9 Å². The molecule has 0 radical (unpaired) electrons. The van der Waals surface area contributed by atoms with Crippen LogP contribution in [0.3, 0.4) is 0 Å². The molecule has 0 aromatic heterocycles. The predicted octanol–water partition coefficient (Wildman–Crippen LogP) is 2.09. The van der Waals surface area contributed by atoms with Crippen molar-refractivity contribution >= 4 is 16.0 Å². The van der Waals surface area contributed by atoms with Crippen LogP contribution >= 0.6 is 0 Å². The van der Waals surface area contributed by atoms with Gasteiger partial charge in [0.15, 0.2) is 0 Å². The fourth-order valence-corrected chi connectivity index (χ4v) is 3.38. The van der Waals surface area contributed by atoms with Crippen LogP contribution in [0.25, 0.3) is 0 Å². The second-order valence-electron chi connectivity index (χ2n) is 6.38. The molecule has 1 amide bonds. The Kier molecular flexibility index (Phi) is 20.7. The van der Waals surface area contributed by atoms with E-state index in [-0.39, 0.29) is 42.5 Å². The number of hydrogen-bond acceptors (Lipinski definition) is 4. The van der Waals surface area contributed by atoms with Crippen molar-refractivity contribution in [1.29, 1.82) is 0 Å². The van der Waals surface area contributed by atoms with E-state index in [0.717, 1.165) is 18.9 Å². The van der Waals surface area contributed by atoms with Crippen LogP contribution in [0.5, 0.6) is 0 Å².